The number of hydrogen-bond acceptors (Lipinski definition) is 6. The Labute approximate surface area is 109 Å². The van der Waals surface area contributed by atoms with Gasteiger partial charge in [0.15, 0.2) is 16.8 Å². The first-order valence-corrected chi connectivity index (χ1v) is 6.18. The van der Waals surface area contributed by atoms with Gasteiger partial charge in [0.2, 0.25) is 0 Å². The molecule has 7 nitrogen and oxygen atoms in total. The molecule has 0 aromatic carbocycles. The topological polar surface area (TPSA) is 97.2 Å². The number of nitroso groups, excluding NO2 is 1. The van der Waals surface area contributed by atoms with Gasteiger partial charge in [-0.1, -0.05) is 11.6 Å². The van der Waals surface area contributed by atoms with E-state index in [9.17, 15) is 9.12 Å². The van der Waals surface area contributed by atoms with Crippen molar-refractivity contribution in [1.82, 2.24) is 15.0 Å². The molecule has 0 radical (unpaired) electrons. The summed E-state index contributed by atoms with van der Waals surface area (Å²) in [6, 6.07) is 4.30. The Morgan fingerprint density at radius 3 is 2.78 bits per heavy atom. The average Bonchev–Trinajstić information content (AvgIpc) is 2.39. The van der Waals surface area contributed by atoms with E-state index in [1.54, 1.807) is 6.07 Å². The van der Waals surface area contributed by atoms with Crippen LogP contribution in [0, 0.1) is 4.91 Å². The molecule has 1 unspecified atom stereocenters. The van der Waals surface area contributed by atoms with E-state index in [1.165, 1.54) is 24.7 Å². The van der Waals surface area contributed by atoms with Crippen molar-refractivity contribution in [3.8, 4) is 0 Å². The van der Waals surface area contributed by atoms with E-state index in [0.717, 1.165) is 0 Å². The summed E-state index contributed by atoms with van der Waals surface area (Å²) in [5.74, 6) is 0.319. The summed E-state index contributed by atoms with van der Waals surface area (Å²) in [6.07, 6.45) is 2.82. The Bertz CT molecular complexity index is 595. The molecule has 0 fully saturated rings. The van der Waals surface area contributed by atoms with Gasteiger partial charge in [0.05, 0.1) is 4.90 Å². The molecule has 0 saturated carbocycles. The molecule has 0 aliphatic carbocycles. The minimum absolute atomic E-state index is 0.0491. The van der Waals surface area contributed by atoms with E-state index in [1.807, 2.05) is 0 Å². The molecule has 2 aromatic heterocycles. The molecule has 2 rings (SSSR count). The highest BCUT2D eigenvalue weighted by Crippen LogP contribution is 2.21. The van der Waals surface area contributed by atoms with Crippen LogP contribution in [0.15, 0.2) is 40.8 Å². The standard InChI is InChI=1S/C9H6ClN5O2S/c10-9-6(1-2-8(13-9)14-16)18(17)15-7-3-4-11-5-12-7/h1-5H,(H,11,12,15). The van der Waals surface area contributed by atoms with Crippen molar-refractivity contribution < 1.29 is 4.21 Å². The lowest BCUT2D eigenvalue weighted by molar-refractivity contribution is 0.686. The molecule has 0 aliphatic heterocycles. The van der Waals surface area contributed by atoms with Crippen LogP contribution in [-0.2, 0) is 11.0 Å². The average molecular weight is 284 g/mol. The van der Waals surface area contributed by atoms with E-state index >= 15 is 0 Å². The molecule has 0 bridgehead atoms. The lowest BCUT2D eigenvalue weighted by Crippen LogP contribution is -2.07. The van der Waals surface area contributed by atoms with Gasteiger partial charge < -0.3 is 0 Å². The van der Waals surface area contributed by atoms with Gasteiger partial charge >= 0.3 is 0 Å². The van der Waals surface area contributed by atoms with Gasteiger partial charge in [0, 0.05) is 6.20 Å². The second-order valence-corrected chi connectivity index (χ2v) is 4.55. The van der Waals surface area contributed by atoms with E-state index < -0.39 is 11.0 Å². The first kappa shape index (κ1) is 12.5. The van der Waals surface area contributed by atoms with Crippen molar-refractivity contribution in [2.75, 3.05) is 4.72 Å². The third-order valence-corrected chi connectivity index (χ3v) is 3.40. The number of nitrogens with one attached hydrogen (secondary N) is 1. The van der Waals surface area contributed by atoms with Gasteiger partial charge in [-0.15, -0.1) is 4.91 Å². The highest BCUT2D eigenvalue weighted by atomic mass is 35.5. The zero-order chi connectivity index (χ0) is 13.0. The first-order chi connectivity index (χ1) is 8.70. The van der Waals surface area contributed by atoms with Crippen molar-refractivity contribution in [3.63, 3.8) is 0 Å². The molecule has 18 heavy (non-hydrogen) atoms. The SMILES string of the molecule is O=Nc1ccc(S(=O)Nc2ccncn2)c(Cl)n1. The van der Waals surface area contributed by atoms with Crippen LogP contribution in [0.4, 0.5) is 11.6 Å². The second kappa shape index (κ2) is 5.61. The van der Waals surface area contributed by atoms with Gasteiger partial charge in [-0.2, -0.15) is 0 Å². The maximum atomic E-state index is 11.9. The molecule has 2 aromatic rings. The minimum atomic E-state index is -1.63. The molecule has 1 N–H and O–H groups in total. The molecular formula is C9H6ClN5O2S. The zero-order valence-electron chi connectivity index (χ0n) is 8.78. The second-order valence-electron chi connectivity index (χ2n) is 3.02. The first-order valence-electron chi connectivity index (χ1n) is 4.65. The Balaban J connectivity index is 2.22. The van der Waals surface area contributed by atoms with Crippen molar-refractivity contribution >= 4 is 34.2 Å². The highest BCUT2D eigenvalue weighted by molar-refractivity contribution is 7.86. The van der Waals surface area contributed by atoms with Crippen LogP contribution in [0.2, 0.25) is 5.15 Å². The van der Waals surface area contributed by atoms with Gasteiger partial charge in [-0.05, 0) is 23.4 Å². The van der Waals surface area contributed by atoms with E-state index in [2.05, 4.69) is 24.9 Å². The smallest absolute Gasteiger partial charge is 0.197 e. The molecule has 1 atom stereocenters. The summed E-state index contributed by atoms with van der Waals surface area (Å²) in [5, 5.41) is 2.58. The fourth-order valence-corrected chi connectivity index (χ4v) is 2.27. The summed E-state index contributed by atoms with van der Waals surface area (Å²) in [7, 11) is -1.63. The lowest BCUT2D eigenvalue weighted by Gasteiger charge is -2.05. The molecule has 0 saturated heterocycles. The number of halogens is 1. The third kappa shape index (κ3) is 2.84. The summed E-state index contributed by atoms with van der Waals surface area (Å²) < 4.78 is 14.6. The zero-order valence-corrected chi connectivity index (χ0v) is 10.4. The summed E-state index contributed by atoms with van der Waals surface area (Å²) in [6.45, 7) is 0. The Kier molecular flexibility index (Phi) is 3.90. The van der Waals surface area contributed by atoms with Crippen LogP contribution in [0.3, 0.4) is 0 Å². The Hall–Kier alpha value is -1.93. The quantitative estimate of drug-likeness (QED) is 0.684. The van der Waals surface area contributed by atoms with Gasteiger partial charge in [-0.3, -0.25) is 4.72 Å². The summed E-state index contributed by atoms with van der Waals surface area (Å²) in [5.41, 5.74) is 0. The maximum absolute atomic E-state index is 11.9. The Morgan fingerprint density at radius 1 is 1.33 bits per heavy atom. The fraction of sp³-hybridized carbons (Fsp3) is 0. The van der Waals surface area contributed by atoms with Crippen LogP contribution in [0.25, 0.3) is 0 Å². The minimum Gasteiger partial charge on any atom is -0.285 e. The van der Waals surface area contributed by atoms with Gasteiger partial charge in [0.1, 0.15) is 17.3 Å². The van der Waals surface area contributed by atoms with E-state index in [0.29, 0.717) is 5.82 Å². The van der Waals surface area contributed by atoms with Gasteiger partial charge in [-0.25, -0.2) is 19.2 Å². The highest BCUT2D eigenvalue weighted by Gasteiger charge is 2.11. The predicted molar refractivity (Wildman–Crippen MR) is 66.8 cm³/mol. The van der Waals surface area contributed by atoms with E-state index in [4.69, 9.17) is 11.6 Å². The number of nitrogens with zero attached hydrogens (tertiary/aromatic N) is 4. The molecule has 0 spiro atoms. The number of aromatic nitrogens is 3. The number of pyridine rings is 1. The number of anilines is 1. The third-order valence-electron chi connectivity index (χ3n) is 1.87. The van der Waals surface area contributed by atoms with Crippen LogP contribution in [-0.4, -0.2) is 19.2 Å². The monoisotopic (exact) mass is 283 g/mol. The number of rotatable bonds is 4. The lowest BCUT2D eigenvalue weighted by atomic mass is 10.5. The Morgan fingerprint density at radius 2 is 2.17 bits per heavy atom. The molecule has 9 heteroatoms. The van der Waals surface area contributed by atoms with Crippen molar-refractivity contribution in [3.05, 3.63) is 40.8 Å². The van der Waals surface area contributed by atoms with Crippen LogP contribution in [0.5, 0.6) is 0 Å². The largest absolute Gasteiger partial charge is 0.285 e. The normalized spacial score (nSPS) is 11.8. The van der Waals surface area contributed by atoms with Gasteiger partial charge in [0.25, 0.3) is 0 Å². The van der Waals surface area contributed by atoms with Crippen LogP contribution in [0.1, 0.15) is 0 Å². The maximum Gasteiger partial charge on any atom is 0.197 e. The van der Waals surface area contributed by atoms with Crippen LogP contribution >= 0.6 is 11.6 Å². The fourth-order valence-electron chi connectivity index (χ4n) is 1.10. The van der Waals surface area contributed by atoms with E-state index in [-0.39, 0.29) is 15.9 Å². The molecule has 2 heterocycles. The number of hydrogen-bond donors (Lipinski definition) is 1. The molecule has 92 valence electrons. The van der Waals surface area contributed by atoms with Crippen molar-refractivity contribution in [2.45, 2.75) is 4.90 Å². The van der Waals surface area contributed by atoms with Crippen molar-refractivity contribution in [2.24, 2.45) is 5.18 Å². The van der Waals surface area contributed by atoms with Crippen LogP contribution < -0.4 is 4.72 Å². The predicted octanol–water partition coefficient (Wildman–Crippen LogP) is 2.06. The molecule has 0 amide bonds. The summed E-state index contributed by atoms with van der Waals surface area (Å²) >= 11 is 5.79. The molecule has 0 aliphatic rings. The summed E-state index contributed by atoms with van der Waals surface area (Å²) in [4.78, 5) is 21.8. The van der Waals surface area contributed by atoms with Crippen molar-refractivity contribution in [1.29, 1.82) is 0 Å². The molecular weight excluding hydrogens is 278 g/mol.